The van der Waals surface area contributed by atoms with Gasteiger partial charge >= 0.3 is 0 Å². The minimum atomic E-state index is 0.809. The third-order valence-corrected chi connectivity index (χ3v) is 7.63. The second-order valence-electron chi connectivity index (χ2n) is 9.09. The second kappa shape index (κ2) is 8.83. The van der Waals surface area contributed by atoms with Gasteiger partial charge < -0.3 is 10.2 Å². The highest BCUT2D eigenvalue weighted by Crippen LogP contribution is 2.35. The highest BCUT2D eigenvalue weighted by Gasteiger charge is 2.16. The molecule has 1 N–H and O–H groups in total. The van der Waals surface area contributed by atoms with Gasteiger partial charge in [-0.3, -0.25) is 4.90 Å². The third kappa shape index (κ3) is 4.18. The first-order valence-corrected chi connectivity index (χ1v) is 12.6. The number of hydrogen-bond acceptors (Lipinski definition) is 6. The summed E-state index contributed by atoms with van der Waals surface area (Å²) in [7, 11) is 2.19. The smallest absolute Gasteiger partial charge is 0.154 e. The highest BCUT2D eigenvalue weighted by atomic mass is 32.1. The Morgan fingerprint density at radius 3 is 2.65 bits per heavy atom. The van der Waals surface area contributed by atoms with E-state index in [9.17, 15) is 0 Å². The van der Waals surface area contributed by atoms with Crippen LogP contribution in [0.4, 0.5) is 11.5 Å². The Hall–Kier alpha value is -3.26. The molecule has 0 saturated carbocycles. The minimum absolute atomic E-state index is 0.809. The van der Waals surface area contributed by atoms with Crippen molar-refractivity contribution in [3.63, 3.8) is 0 Å². The Balaban J connectivity index is 1.28. The lowest BCUT2D eigenvalue weighted by molar-refractivity contribution is 0.148. The van der Waals surface area contributed by atoms with Crippen LogP contribution >= 0.6 is 11.3 Å². The summed E-state index contributed by atoms with van der Waals surface area (Å²) in [6.45, 7) is 7.54. The van der Waals surface area contributed by atoms with Crippen molar-refractivity contribution in [1.82, 2.24) is 24.4 Å². The number of likely N-dealkylation sites (N-methyl/N-ethyl adjacent to an activating group) is 1. The van der Waals surface area contributed by atoms with Gasteiger partial charge in [0.15, 0.2) is 11.5 Å². The average molecular weight is 469 g/mol. The third-order valence-electron chi connectivity index (χ3n) is 6.51. The summed E-state index contributed by atoms with van der Waals surface area (Å²) in [6.07, 6.45) is 0. The van der Waals surface area contributed by atoms with Crippen LogP contribution in [0.2, 0.25) is 0 Å². The first-order chi connectivity index (χ1) is 16.6. The second-order valence-corrected chi connectivity index (χ2v) is 10.2. The van der Waals surface area contributed by atoms with Gasteiger partial charge in [0.2, 0.25) is 0 Å². The molecule has 6 rings (SSSR count). The van der Waals surface area contributed by atoms with Gasteiger partial charge in [-0.25, -0.2) is 9.50 Å². The number of anilines is 2. The molecule has 0 aliphatic carbocycles. The molecule has 5 aromatic rings. The van der Waals surface area contributed by atoms with Gasteiger partial charge in [-0.05, 0) is 61.3 Å². The molecule has 1 aliphatic rings. The molecule has 0 spiro atoms. The van der Waals surface area contributed by atoms with E-state index in [2.05, 4.69) is 83.7 Å². The maximum absolute atomic E-state index is 4.93. The summed E-state index contributed by atoms with van der Waals surface area (Å²) in [5.74, 6) is 0.809. The van der Waals surface area contributed by atoms with Crippen LogP contribution in [0.5, 0.6) is 0 Å². The predicted octanol–water partition coefficient (Wildman–Crippen LogP) is 5.41. The van der Waals surface area contributed by atoms with Gasteiger partial charge in [-0.15, -0.1) is 16.4 Å². The number of piperazine rings is 1. The summed E-state index contributed by atoms with van der Waals surface area (Å²) in [6, 6.07) is 23.4. The standard InChI is InChI=1S/C27H28N6S/c1-19-27(24-17-21-7-3-4-9-23(21)34-24)33-26(28-19)11-10-25(30-33)29-22-8-5-6-20(16-22)18-32-14-12-31(2)13-15-32/h3-11,16-17H,12-15,18H2,1-2H3,(H,29,30). The molecule has 1 saturated heterocycles. The zero-order valence-corrected chi connectivity index (χ0v) is 20.3. The maximum Gasteiger partial charge on any atom is 0.154 e. The van der Waals surface area contributed by atoms with Crippen LogP contribution < -0.4 is 5.32 Å². The Labute approximate surface area is 203 Å². The molecule has 4 heterocycles. The van der Waals surface area contributed by atoms with Crippen LogP contribution in [-0.4, -0.2) is 57.6 Å². The Bertz CT molecular complexity index is 1430. The van der Waals surface area contributed by atoms with Crippen LogP contribution in [0.25, 0.3) is 26.3 Å². The molecular formula is C27H28N6S. The van der Waals surface area contributed by atoms with E-state index in [0.717, 1.165) is 61.3 Å². The van der Waals surface area contributed by atoms with E-state index in [1.165, 1.54) is 20.5 Å². The van der Waals surface area contributed by atoms with Crippen LogP contribution in [0.3, 0.4) is 0 Å². The lowest BCUT2D eigenvalue weighted by Gasteiger charge is -2.32. The molecule has 172 valence electrons. The van der Waals surface area contributed by atoms with E-state index in [-0.39, 0.29) is 0 Å². The van der Waals surface area contributed by atoms with E-state index in [0.29, 0.717) is 0 Å². The molecule has 0 atom stereocenters. The molecule has 0 unspecified atom stereocenters. The van der Waals surface area contributed by atoms with Crippen molar-refractivity contribution < 1.29 is 0 Å². The predicted molar refractivity (Wildman–Crippen MR) is 141 cm³/mol. The first kappa shape index (κ1) is 21.3. The van der Waals surface area contributed by atoms with Gasteiger partial charge in [-0.2, -0.15) is 0 Å². The van der Waals surface area contributed by atoms with Crippen LogP contribution in [0, 0.1) is 6.92 Å². The highest BCUT2D eigenvalue weighted by molar-refractivity contribution is 7.22. The molecular weight excluding hydrogens is 440 g/mol. The van der Waals surface area contributed by atoms with Gasteiger partial charge in [-0.1, -0.05) is 30.3 Å². The molecule has 34 heavy (non-hydrogen) atoms. The molecule has 6 nitrogen and oxygen atoms in total. The summed E-state index contributed by atoms with van der Waals surface area (Å²) in [5, 5.41) is 9.69. The van der Waals surface area contributed by atoms with E-state index in [1.807, 2.05) is 16.6 Å². The average Bonchev–Trinajstić information content (AvgIpc) is 3.40. The lowest BCUT2D eigenvalue weighted by Crippen LogP contribution is -2.43. The van der Waals surface area contributed by atoms with Crippen molar-refractivity contribution in [3.8, 4) is 10.6 Å². The molecule has 2 aromatic carbocycles. The molecule has 1 aliphatic heterocycles. The molecule has 0 radical (unpaired) electrons. The van der Waals surface area contributed by atoms with Gasteiger partial charge in [0.25, 0.3) is 0 Å². The summed E-state index contributed by atoms with van der Waals surface area (Å²) >= 11 is 1.78. The number of hydrogen-bond donors (Lipinski definition) is 1. The number of benzene rings is 2. The first-order valence-electron chi connectivity index (χ1n) is 11.7. The number of nitrogens with zero attached hydrogens (tertiary/aromatic N) is 5. The van der Waals surface area contributed by atoms with E-state index >= 15 is 0 Å². The van der Waals surface area contributed by atoms with Crippen molar-refractivity contribution in [2.75, 3.05) is 38.5 Å². The number of aromatic nitrogens is 3. The van der Waals surface area contributed by atoms with Crippen molar-refractivity contribution in [2.45, 2.75) is 13.5 Å². The van der Waals surface area contributed by atoms with Crippen molar-refractivity contribution in [1.29, 1.82) is 0 Å². The van der Waals surface area contributed by atoms with Gasteiger partial charge in [0.1, 0.15) is 5.69 Å². The molecule has 0 bridgehead atoms. The van der Waals surface area contributed by atoms with Crippen LogP contribution in [-0.2, 0) is 6.54 Å². The molecule has 0 amide bonds. The topological polar surface area (TPSA) is 48.7 Å². The number of thiophene rings is 1. The maximum atomic E-state index is 4.93. The van der Waals surface area contributed by atoms with Crippen LogP contribution in [0.1, 0.15) is 11.3 Å². The molecule has 3 aromatic heterocycles. The monoisotopic (exact) mass is 468 g/mol. The normalized spacial score (nSPS) is 15.4. The quantitative estimate of drug-likeness (QED) is 0.374. The lowest BCUT2D eigenvalue weighted by atomic mass is 10.1. The van der Waals surface area contributed by atoms with Crippen molar-refractivity contribution in [3.05, 3.63) is 78.0 Å². The zero-order valence-electron chi connectivity index (χ0n) is 19.5. The fourth-order valence-electron chi connectivity index (χ4n) is 4.65. The fourth-order valence-corrected chi connectivity index (χ4v) is 5.80. The molecule has 1 fully saturated rings. The minimum Gasteiger partial charge on any atom is -0.339 e. The number of imidazole rings is 1. The Kier molecular flexibility index (Phi) is 5.53. The van der Waals surface area contributed by atoms with Crippen molar-refractivity contribution >= 4 is 38.6 Å². The zero-order chi connectivity index (χ0) is 23.1. The number of aryl methyl sites for hydroxylation is 1. The SMILES string of the molecule is Cc1nc2ccc(Nc3cccc(CN4CCN(C)CC4)c3)nn2c1-c1cc2ccccc2s1. The Morgan fingerprint density at radius 1 is 0.941 bits per heavy atom. The Morgan fingerprint density at radius 2 is 1.79 bits per heavy atom. The molecule has 7 heteroatoms. The largest absolute Gasteiger partial charge is 0.339 e. The number of fused-ring (bicyclic) bond motifs is 2. The van der Waals surface area contributed by atoms with Crippen molar-refractivity contribution in [2.24, 2.45) is 0 Å². The summed E-state index contributed by atoms with van der Waals surface area (Å²) < 4.78 is 3.24. The fraction of sp³-hybridized carbons (Fsp3) is 0.259. The number of rotatable bonds is 5. The summed E-state index contributed by atoms with van der Waals surface area (Å²) in [5.41, 5.74) is 5.28. The van der Waals surface area contributed by atoms with E-state index in [4.69, 9.17) is 10.1 Å². The van der Waals surface area contributed by atoms with Gasteiger partial charge in [0.05, 0.1) is 10.6 Å². The van der Waals surface area contributed by atoms with E-state index < -0.39 is 0 Å². The van der Waals surface area contributed by atoms with E-state index in [1.54, 1.807) is 11.3 Å². The number of nitrogens with one attached hydrogen (secondary N) is 1. The summed E-state index contributed by atoms with van der Waals surface area (Å²) in [4.78, 5) is 10.9. The van der Waals surface area contributed by atoms with Crippen LogP contribution in [0.15, 0.2) is 66.7 Å². The van der Waals surface area contributed by atoms with Gasteiger partial charge in [0, 0.05) is 43.1 Å².